The Labute approximate surface area is 92.1 Å². The molecule has 0 atom stereocenters. The molecular weight excluding hydrogens is 238 g/mol. The van der Waals surface area contributed by atoms with E-state index in [1.54, 1.807) is 29.0 Å². The van der Waals surface area contributed by atoms with Crippen molar-refractivity contribution in [3.05, 3.63) is 42.0 Å². The van der Waals surface area contributed by atoms with E-state index in [2.05, 4.69) is 0 Å². The molecule has 0 aromatic heterocycles. The molecule has 0 bridgehead atoms. The number of amides is 1. The van der Waals surface area contributed by atoms with Gasteiger partial charge in [-0.25, -0.2) is 4.72 Å². The molecule has 1 amide bonds. The van der Waals surface area contributed by atoms with E-state index in [0.717, 1.165) is 11.6 Å². The summed E-state index contributed by atoms with van der Waals surface area (Å²) in [5.41, 5.74) is 0.791. The highest BCUT2D eigenvalue weighted by Crippen LogP contribution is 2.00. The standard InChI is InChI=1S/C9H8ClNO3S/c10-15(13,14)11-9(12)7-6-8-4-2-1-3-5-8/h1-7H,(H,11,12). The van der Waals surface area contributed by atoms with Gasteiger partial charge in [-0.15, -0.1) is 0 Å². The summed E-state index contributed by atoms with van der Waals surface area (Å²) in [5.74, 6) is -0.783. The third kappa shape index (κ3) is 5.19. The minimum atomic E-state index is -4.01. The molecule has 6 heteroatoms. The highest BCUT2D eigenvalue weighted by atomic mass is 35.7. The maximum absolute atomic E-state index is 11.0. The van der Waals surface area contributed by atoms with Crippen LogP contribution in [0, 0.1) is 0 Å². The van der Waals surface area contributed by atoms with Crippen molar-refractivity contribution in [3.8, 4) is 0 Å². The number of benzene rings is 1. The molecule has 1 aromatic rings. The maximum Gasteiger partial charge on any atom is 0.321 e. The first-order chi connectivity index (χ1) is 6.97. The number of hydrogen-bond donors (Lipinski definition) is 1. The van der Waals surface area contributed by atoms with Crippen LogP contribution < -0.4 is 4.72 Å². The Kier molecular flexibility index (Phi) is 3.88. The Morgan fingerprint density at radius 1 is 1.27 bits per heavy atom. The van der Waals surface area contributed by atoms with Crippen LogP contribution in [0.1, 0.15) is 5.56 Å². The zero-order chi connectivity index (χ0) is 11.3. The average molecular weight is 246 g/mol. The average Bonchev–Trinajstić information content (AvgIpc) is 2.14. The topological polar surface area (TPSA) is 63.2 Å². The molecule has 0 aliphatic rings. The van der Waals surface area contributed by atoms with Crippen LogP contribution in [-0.2, 0) is 14.0 Å². The Morgan fingerprint density at radius 3 is 2.40 bits per heavy atom. The lowest BCUT2D eigenvalue weighted by Crippen LogP contribution is -2.24. The molecule has 0 radical (unpaired) electrons. The molecule has 80 valence electrons. The highest BCUT2D eigenvalue weighted by Gasteiger charge is 2.06. The predicted octanol–water partition coefficient (Wildman–Crippen LogP) is 1.30. The molecule has 0 aliphatic heterocycles. The van der Waals surface area contributed by atoms with Gasteiger partial charge < -0.3 is 0 Å². The van der Waals surface area contributed by atoms with Crippen LogP contribution in [-0.4, -0.2) is 14.3 Å². The van der Waals surface area contributed by atoms with Gasteiger partial charge in [-0.2, -0.15) is 8.42 Å². The first kappa shape index (κ1) is 11.7. The number of hydrogen-bond acceptors (Lipinski definition) is 3. The lowest BCUT2D eigenvalue weighted by Gasteiger charge is -1.94. The molecule has 0 saturated carbocycles. The van der Waals surface area contributed by atoms with Gasteiger partial charge in [-0.1, -0.05) is 30.3 Å². The van der Waals surface area contributed by atoms with Crippen molar-refractivity contribution in [2.45, 2.75) is 0 Å². The second-order valence-electron chi connectivity index (χ2n) is 2.65. The van der Waals surface area contributed by atoms with Gasteiger partial charge in [0.2, 0.25) is 0 Å². The summed E-state index contributed by atoms with van der Waals surface area (Å²) in [6, 6.07) is 8.99. The molecule has 1 aromatic carbocycles. The first-order valence-electron chi connectivity index (χ1n) is 3.97. The van der Waals surface area contributed by atoms with Crippen molar-refractivity contribution in [1.29, 1.82) is 0 Å². The van der Waals surface area contributed by atoms with E-state index < -0.39 is 15.1 Å². The zero-order valence-electron chi connectivity index (χ0n) is 7.55. The number of carbonyl (C=O) groups is 1. The quantitative estimate of drug-likeness (QED) is 0.645. The van der Waals surface area contributed by atoms with E-state index in [9.17, 15) is 13.2 Å². The molecule has 1 rings (SSSR count). The van der Waals surface area contributed by atoms with E-state index in [1.807, 2.05) is 6.07 Å². The van der Waals surface area contributed by atoms with Gasteiger partial charge in [-0.3, -0.25) is 4.79 Å². The number of rotatable bonds is 3. The van der Waals surface area contributed by atoms with Gasteiger partial charge in [0.15, 0.2) is 0 Å². The second kappa shape index (κ2) is 4.95. The fraction of sp³-hybridized carbons (Fsp3) is 0. The van der Waals surface area contributed by atoms with Crippen LogP contribution in [0.5, 0.6) is 0 Å². The van der Waals surface area contributed by atoms with Crippen LogP contribution in [0.3, 0.4) is 0 Å². The Bertz CT molecular complexity index is 467. The molecule has 0 aliphatic carbocycles. The van der Waals surface area contributed by atoms with Crippen molar-refractivity contribution in [1.82, 2.24) is 4.72 Å². The summed E-state index contributed by atoms with van der Waals surface area (Å²) in [5, 5.41) is 0. The minimum absolute atomic E-state index is 0.783. The molecule has 0 spiro atoms. The SMILES string of the molecule is O=C(C=Cc1ccccc1)NS(=O)(=O)Cl. The zero-order valence-corrected chi connectivity index (χ0v) is 9.12. The highest BCUT2D eigenvalue weighted by molar-refractivity contribution is 8.12. The Hall–Kier alpha value is -1.33. The van der Waals surface area contributed by atoms with Gasteiger partial charge in [0.1, 0.15) is 0 Å². The predicted molar refractivity (Wildman–Crippen MR) is 58.4 cm³/mol. The first-order valence-corrected chi connectivity index (χ1v) is 6.28. The Morgan fingerprint density at radius 2 is 1.87 bits per heavy atom. The van der Waals surface area contributed by atoms with Crippen LogP contribution in [0.15, 0.2) is 36.4 Å². The maximum atomic E-state index is 11.0. The van der Waals surface area contributed by atoms with Crippen molar-refractivity contribution in [2.24, 2.45) is 0 Å². The van der Waals surface area contributed by atoms with E-state index in [1.165, 1.54) is 6.08 Å². The normalized spacial score (nSPS) is 11.5. The van der Waals surface area contributed by atoms with Gasteiger partial charge >= 0.3 is 9.24 Å². The van der Waals surface area contributed by atoms with Gasteiger partial charge in [0, 0.05) is 16.8 Å². The molecule has 0 fully saturated rings. The van der Waals surface area contributed by atoms with Gasteiger partial charge in [-0.05, 0) is 11.6 Å². The lowest BCUT2D eigenvalue weighted by atomic mass is 10.2. The van der Waals surface area contributed by atoms with Crippen molar-refractivity contribution >= 4 is 31.9 Å². The smallest absolute Gasteiger partial charge is 0.269 e. The molecule has 4 nitrogen and oxygen atoms in total. The number of halogens is 1. The van der Waals surface area contributed by atoms with Crippen molar-refractivity contribution in [2.75, 3.05) is 0 Å². The third-order valence-electron chi connectivity index (χ3n) is 1.45. The molecule has 0 heterocycles. The minimum Gasteiger partial charge on any atom is -0.269 e. The third-order valence-corrected chi connectivity index (χ3v) is 2.13. The molecule has 0 saturated heterocycles. The fourth-order valence-corrected chi connectivity index (χ4v) is 1.43. The van der Waals surface area contributed by atoms with Gasteiger partial charge in [0.05, 0.1) is 0 Å². The van der Waals surface area contributed by atoms with Crippen LogP contribution in [0.2, 0.25) is 0 Å². The number of nitrogens with one attached hydrogen (secondary N) is 1. The summed E-state index contributed by atoms with van der Waals surface area (Å²) in [6.07, 6.45) is 2.58. The van der Waals surface area contributed by atoms with Crippen molar-refractivity contribution in [3.63, 3.8) is 0 Å². The molecule has 0 unspecified atom stereocenters. The molecular formula is C9H8ClNO3S. The van der Waals surface area contributed by atoms with E-state index in [-0.39, 0.29) is 0 Å². The summed E-state index contributed by atoms with van der Waals surface area (Å²) < 4.78 is 22.5. The lowest BCUT2D eigenvalue weighted by molar-refractivity contribution is -0.114. The monoisotopic (exact) mass is 245 g/mol. The summed E-state index contributed by atoms with van der Waals surface area (Å²) in [4.78, 5) is 11.0. The van der Waals surface area contributed by atoms with Crippen molar-refractivity contribution < 1.29 is 13.2 Å². The van der Waals surface area contributed by atoms with Crippen LogP contribution in [0.25, 0.3) is 6.08 Å². The van der Waals surface area contributed by atoms with Gasteiger partial charge in [0.25, 0.3) is 5.91 Å². The van der Waals surface area contributed by atoms with E-state index in [0.29, 0.717) is 0 Å². The van der Waals surface area contributed by atoms with E-state index in [4.69, 9.17) is 10.7 Å². The van der Waals surface area contributed by atoms with Crippen LogP contribution in [0.4, 0.5) is 0 Å². The number of carbonyl (C=O) groups excluding carboxylic acids is 1. The summed E-state index contributed by atoms with van der Waals surface area (Å²) in [6.45, 7) is 0. The second-order valence-corrected chi connectivity index (χ2v) is 4.95. The summed E-state index contributed by atoms with van der Waals surface area (Å²) >= 11 is 0. The largest absolute Gasteiger partial charge is 0.321 e. The summed E-state index contributed by atoms with van der Waals surface area (Å²) in [7, 11) is 0.810. The van der Waals surface area contributed by atoms with Crippen LogP contribution >= 0.6 is 10.7 Å². The van der Waals surface area contributed by atoms with E-state index >= 15 is 0 Å². The molecule has 15 heavy (non-hydrogen) atoms. The fourth-order valence-electron chi connectivity index (χ4n) is 0.890. The molecule has 1 N–H and O–H groups in total. The Balaban J connectivity index is 2.64.